The first-order valence-corrected chi connectivity index (χ1v) is 5.83. The van der Waals surface area contributed by atoms with Gasteiger partial charge in [-0.1, -0.05) is 6.07 Å². The van der Waals surface area contributed by atoms with Gasteiger partial charge in [0.1, 0.15) is 5.75 Å². The molecule has 0 aliphatic carbocycles. The number of carbonyl (C=O) groups excluding carboxylic acids is 1. The van der Waals surface area contributed by atoms with E-state index >= 15 is 0 Å². The molecule has 0 unspecified atom stereocenters. The molecule has 0 saturated carbocycles. The van der Waals surface area contributed by atoms with Gasteiger partial charge in [-0.15, -0.1) is 0 Å². The van der Waals surface area contributed by atoms with E-state index in [0.29, 0.717) is 13.1 Å². The zero-order valence-electron chi connectivity index (χ0n) is 10.5. The topological polar surface area (TPSA) is 55.6 Å². The SMILES string of the molecule is CCN1C(=O)C(C)(C)Oc2ccc(CN)cc21. The molecule has 4 nitrogen and oxygen atoms in total. The van der Waals surface area contributed by atoms with Gasteiger partial charge < -0.3 is 15.4 Å². The summed E-state index contributed by atoms with van der Waals surface area (Å²) in [5, 5.41) is 0. The summed E-state index contributed by atoms with van der Waals surface area (Å²) in [7, 11) is 0. The summed E-state index contributed by atoms with van der Waals surface area (Å²) < 4.78 is 5.73. The molecule has 1 aliphatic heterocycles. The smallest absolute Gasteiger partial charge is 0.270 e. The van der Waals surface area contributed by atoms with Gasteiger partial charge in [0.2, 0.25) is 0 Å². The van der Waals surface area contributed by atoms with Crippen LogP contribution in [-0.4, -0.2) is 18.1 Å². The van der Waals surface area contributed by atoms with Crippen LogP contribution in [0.25, 0.3) is 0 Å². The van der Waals surface area contributed by atoms with Gasteiger partial charge in [0.15, 0.2) is 5.60 Å². The van der Waals surface area contributed by atoms with Gasteiger partial charge in [-0.05, 0) is 38.5 Å². The fraction of sp³-hybridized carbons (Fsp3) is 0.462. The number of likely N-dealkylation sites (N-methyl/N-ethyl adjacent to an activating group) is 1. The molecule has 1 heterocycles. The molecule has 0 fully saturated rings. The van der Waals surface area contributed by atoms with Crippen LogP contribution >= 0.6 is 0 Å². The zero-order chi connectivity index (χ0) is 12.6. The van der Waals surface area contributed by atoms with Crippen LogP contribution in [0.1, 0.15) is 26.3 Å². The highest BCUT2D eigenvalue weighted by molar-refractivity contribution is 6.02. The number of amides is 1. The lowest BCUT2D eigenvalue weighted by Crippen LogP contribution is -2.52. The standard InChI is InChI=1S/C13H18N2O2/c1-4-15-10-7-9(8-14)5-6-11(10)17-13(2,3)12(15)16/h5-7H,4,8,14H2,1-3H3. The van der Waals surface area contributed by atoms with Crippen molar-refractivity contribution < 1.29 is 9.53 Å². The number of anilines is 1. The maximum Gasteiger partial charge on any atom is 0.270 e. The number of carbonyl (C=O) groups is 1. The largest absolute Gasteiger partial charge is 0.476 e. The molecule has 2 N–H and O–H groups in total. The maximum atomic E-state index is 12.2. The van der Waals surface area contributed by atoms with Crippen LogP contribution in [0.15, 0.2) is 18.2 Å². The van der Waals surface area contributed by atoms with Gasteiger partial charge in [-0.25, -0.2) is 0 Å². The first kappa shape index (κ1) is 11.9. The summed E-state index contributed by atoms with van der Waals surface area (Å²) in [5.41, 5.74) is 6.63. The zero-order valence-corrected chi connectivity index (χ0v) is 10.5. The van der Waals surface area contributed by atoms with Crippen LogP contribution in [0.4, 0.5) is 5.69 Å². The average Bonchev–Trinajstić information content (AvgIpc) is 2.30. The third-order valence-corrected chi connectivity index (χ3v) is 2.99. The lowest BCUT2D eigenvalue weighted by Gasteiger charge is -2.38. The minimum absolute atomic E-state index is 0.0123. The Hall–Kier alpha value is -1.55. The number of benzene rings is 1. The highest BCUT2D eigenvalue weighted by Crippen LogP contribution is 2.38. The second-order valence-corrected chi connectivity index (χ2v) is 4.67. The van der Waals surface area contributed by atoms with E-state index in [2.05, 4.69) is 0 Å². The Bertz CT molecular complexity index is 455. The number of rotatable bonds is 2. The van der Waals surface area contributed by atoms with Gasteiger partial charge in [-0.3, -0.25) is 4.79 Å². The number of hydrogen-bond acceptors (Lipinski definition) is 3. The van der Waals surface area contributed by atoms with Gasteiger partial charge >= 0.3 is 0 Å². The summed E-state index contributed by atoms with van der Waals surface area (Å²) >= 11 is 0. The highest BCUT2D eigenvalue weighted by Gasteiger charge is 2.40. The van der Waals surface area contributed by atoms with Crippen molar-refractivity contribution in [1.29, 1.82) is 0 Å². The molecule has 0 radical (unpaired) electrons. The summed E-state index contributed by atoms with van der Waals surface area (Å²) in [6.07, 6.45) is 0. The first-order valence-electron chi connectivity index (χ1n) is 5.83. The molecule has 1 aliphatic rings. The molecular weight excluding hydrogens is 216 g/mol. The molecule has 0 bridgehead atoms. The quantitative estimate of drug-likeness (QED) is 0.846. The van der Waals surface area contributed by atoms with Crippen LogP contribution < -0.4 is 15.4 Å². The van der Waals surface area contributed by atoms with Crippen molar-refractivity contribution in [2.45, 2.75) is 32.9 Å². The van der Waals surface area contributed by atoms with Crippen molar-refractivity contribution in [3.05, 3.63) is 23.8 Å². The van der Waals surface area contributed by atoms with E-state index in [1.807, 2.05) is 25.1 Å². The summed E-state index contributed by atoms with van der Waals surface area (Å²) in [4.78, 5) is 14.0. The fourth-order valence-electron chi connectivity index (χ4n) is 2.05. The number of nitrogens with two attached hydrogens (primary N) is 1. The van der Waals surface area contributed by atoms with Gasteiger partial charge in [-0.2, -0.15) is 0 Å². The number of nitrogens with zero attached hydrogens (tertiary/aromatic N) is 1. The van der Waals surface area contributed by atoms with Crippen LogP contribution in [-0.2, 0) is 11.3 Å². The van der Waals surface area contributed by atoms with Crippen molar-refractivity contribution in [2.75, 3.05) is 11.4 Å². The van der Waals surface area contributed by atoms with E-state index in [4.69, 9.17) is 10.5 Å². The Labute approximate surface area is 101 Å². The molecule has 1 amide bonds. The third kappa shape index (κ3) is 1.89. The molecule has 4 heteroatoms. The number of hydrogen-bond donors (Lipinski definition) is 1. The molecule has 0 atom stereocenters. The van der Waals surface area contributed by atoms with Crippen molar-refractivity contribution in [3.8, 4) is 5.75 Å². The third-order valence-electron chi connectivity index (χ3n) is 2.99. The monoisotopic (exact) mass is 234 g/mol. The van der Waals surface area contributed by atoms with Crippen LogP contribution in [0.5, 0.6) is 5.75 Å². The van der Waals surface area contributed by atoms with Crippen molar-refractivity contribution in [3.63, 3.8) is 0 Å². The van der Waals surface area contributed by atoms with Crippen molar-refractivity contribution in [2.24, 2.45) is 5.73 Å². The van der Waals surface area contributed by atoms with E-state index in [-0.39, 0.29) is 5.91 Å². The van der Waals surface area contributed by atoms with Crippen LogP contribution in [0.2, 0.25) is 0 Å². The van der Waals surface area contributed by atoms with E-state index < -0.39 is 5.60 Å². The Morgan fingerprint density at radius 3 is 2.71 bits per heavy atom. The molecule has 0 saturated heterocycles. The molecule has 0 aromatic heterocycles. The molecular formula is C13H18N2O2. The van der Waals surface area contributed by atoms with E-state index in [1.54, 1.807) is 18.7 Å². The normalized spacial score (nSPS) is 17.6. The predicted octanol–water partition coefficient (Wildman–Crippen LogP) is 1.67. The number of fused-ring (bicyclic) bond motifs is 1. The predicted molar refractivity (Wildman–Crippen MR) is 67.1 cm³/mol. The molecule has 2 rings (SSSR count). The fourth-order valence-corrected chi connectivity index (χ4v) is 2.05. The second kappa shape index (κ2) is 4.04. The minimum atomic E-state index is -0.798. The van der Waals surface area contributed by atoms with E-state index in [1.165, 1.54) is 0 Å². The van der Waals surface area contributed by atoms with E-state index in [9.17, 15) is 4.79 Å². The lowest BCUT2D eigenvalue weighted by atomic mass is 10.0. The van der Waals surface area contributed by atoms with Gasteiger partial charge in [0.05, 0.1) is 5.69 Å². The Kier molecular flexibility index (Phi) is 2.83. The van der Waals surface area contributed by atoms with Gasteiger partial charge in [0, 0.05) is 13.1 Å². The molecule has 92 valence electrons. The summed E-state index contributed by atoms with van der Waals surface area (Å²) in [6, 6.07) is 5.74. The van der Waals surface area contributed by atoms with Crippen molar-refractivity contribution >= 4 is 11.6 Å². The molecule has 17 heavy (non-hydrogen) atoms. The number of ether oxygens (including phenoxy) is 1. The molecule has 0 spiro atoms. The second-order valence-electron chi connectivity index (χ2n) is 4.67. The first-order chi connectivity index (χ1) is 7.99. The maximum absolute atomic E-state index is 12.2. The highest BCUT2D eigenvalue weighted by atomic mass is 16.5. The van der Waals surface area contributed by atoms with Crippen LogP contribution in [0, 0.1) is 0 Å². The van der Waals surface area contributed by atoms with Crippen molar-refractivity contribution in [1.82, 2.24) is 0 Å². The summed E-state index contributed by atoms with van der Waals surface area (Å²) in [5.74, 6) is 0.732. The Balaban J connectivity index is 2.53. The lowest BCUT2D eigenvalue weighted by molar-refractivity contribution is -0.132. The van der Waals surface area contributed by atoms with Crippen LogP contribution in [0.3, 0.4) is 0 Å². The Morgan fingerprint density at radius 1 is 1.41 bits per heavy atom. The minimum Gasteiger partial charge on any atom is -0.476 e. The Morgan fingerprint density at radius 2 is 2.12 bits per heavy atom. The van der Waals surface area contributed by atoms with E-state index in [0.717, 1.165) is 17.0 Å². The molecule has 1 aromatic carbocycles. The van der Waals surface area contributed by atoms with Gasteiger partial charge in [0.25, 0.3) is 5.91 Å². The average molecular weight is 234 g/mol. The molecule has 1 aromatic rings. The summed E-state index contributed by atoms with van der Waals surface area (Å²) in [6.45, 7) is 6.63.